The Labute approximate surface area is 492 Å². The smallest absolute Gasteiger partial charge is 0.0742 e. The van der Waals surface area contributed by atoms with Crippen LogP contribution in [0.1, 0.15) is 112 Å². The third kappa shape index (κ3) is 8.88. The molecule has 408 valence electrons. The Balaban J connectivity index is 1.02. The third-order valence-electron chi connectivity index (χ3n) is 18.3. The molecule has 2 aliphatic carbocycles. The molecule has 10 aromatic rings. The summed E-state index contributed by atoms with van der Waals surface area (Å²) >= 11 is 0. The number of anilines is 9. The van der Waals surface area contributed by atoms with E-state index in [4.69, 9.17) is 0 Å². The van der Waals surface area contributed by atoms with Crippen molar-refractivity contribution < 1.29 is 0 Å². The molecule has 13 rings (SSSR count). The minimum atomic E-state index is -0.749. The number of nitrogens with zero attached hydrogens (tertiary/aromatic N) is 3. The Morgan fingerprint density at radius 2 is 0.892 bits per heavy atom. The molecule has 10 aromatic carbocycles. The van der Waals surface area contributed by atoms with Crippen molar-refractivity contribution in [2.24, 2.45) is 0 Å². The highest BCUT2D eigenvalue weighted by Crippen LogP contribution is 2.59. The van der Waals surface area contributed by atoms with E-state index in [1.165, 1.54) is 89.0 Å². The molecule has 3 nitrogen and oxygen atoms in total. The Hall–Kier alpha value is -9.18. The molecule has 3 aliphatic rings. The van der Waals surface area contributed by atoms with Gasteiger partial charge in [0.25, 0.3) is 0 Å². The van der Waals surface area contributed by atoms with Gasteiger partial charge < -0.3 is 14.7 Å². The quantitative estimate of drug-likeness (QED) is 0.143. The fraction of sp³-hybridized carbons (Fsp3) is 0.175. The van der Waals surface area contributed by atoms with Gasteiger partial charge >= 0.3 is 0 Å². The van der Waals surface area contributed by atoms with Gasteiger partial charge in [-0.1, -0.05) is 208 Å². The Morgan fingerprint density at radius 1 is 0.398 bits per heavy atom. The molecule has 3 heteroatoms. The van der Waals surface area contributed by atoms with Crippen LogP contribution in [-0.2, 0) is 16.2 Å². The van der Waals surface area contributed by atoms with E-state index in [-0.39, 0.29) is 10.8 Å². The Kier molecular flexibility index (Phi) is 13.0. The van der Waals surface area contributed by atoms with Gasteiger partial charge in [-0.2, -0.15) is 0 Å². The van der Waals surface area contributed by atoms with Gasteiger partial charge in [0.15, 0.2) is 0 Å². The number of para-hydroxylation sites is 1. The van der Waals surface area contributed by atoms with E-state index in [1.54, 1.807) is 0 Å². The topological polar surface area (TPSA) is 9.72 Å². The van der Waals surface area contributed by atoms with Gasteiger partial charge in [-0.3, -0.25) is 0 Å². The molecular weight excluding hydrogens is 1000 g/mol. The number of hydrogen-bond acceptors (Lipinski definition) is 3. The second kappa shape index (κ2) is 20.4. The number of hydrogen-bond donors (Lipinski definition) is 0. The van der Waals surface area contributed by atoms with Crippen LogP contribution >= 0.6 is 0 Å². The predicted octanol–water partition coefficient (Wildman–Crippen LogP) is 21.8. The van der Waals surface area contributed by atoms with Crippen molar-refractivity contribution in [1.29, 1.82) is 0 Å². The zero-order valence-corrected chi connectivity index (χ0v) is 49.8. The van der Waals surface area contributed by atoms with Crippen molar-refractivity contribution in [1.82, 2.24) is 0 Å². The molecule has 83 heavy (non-hydrogen) atoms. The van der Waals surface area contributed by atoms with Gasteiger partial charge in [-0.05, 0) is 211 Å². The number of rotatable bonds is 9. The summed E-state index contributed by atoms with van der Waals surface area (Å²) in [5.41, 5.74) is 30.2. The molecule has 0 spiro atoms. The van der Waals surface area contributed by atoms with E-state index in [0.29, 0.717) is 0 Å². The third-order valence-corrected chi connectivity index (χ3v) is 18.3. The van der Waals surface area contributed by atoms with Crippen LogP contribution in [0.5, 0.6) is 0 Å². The number of benzene rings is 10. The number of aryl methyl sites for hydroxylation is 6. The van der Waals surface area contributed by atoms with Crippen LogP contribution in [0.15, 0.2) is 243 Å². The Morgan fingerprint density at radius 3 is 1.51 bits per heavy atom. The molecule has 1 heterocycles. The van der Waals surface area contributed by atoms with Crippen LogP contribution in [0.3, 0.4) is 0 Å². The van der Waals surface area contributed by atoms with E-state index in [9.17, 15) is 0 Å². The molecule has 0 saturated carbocycles. The first kappa shape index (κ1) is 53.1. The Bertz CT molecular complexity index is 4260. The van der Waals surface area contributed by atoms with Crippen LogP contribution in [0.2, 0.25) is 0 Å². The molecule has 0 N–H and O–H groups in total. The molecule has 0 amide bonds. The summed E-state index contributed by atoms with van der Waals surface area (Å²) in [6.07, 6.45) is 9.61. The molecule has 0 radical (unpaired) electrons. The summed E-state index contributed by atoms with van der Waals surface area (Å²) in [5.74, 6) is 0. The standard InChI is InChI=1S/C80H73N3/c1-52-24-33-63(34-25-52)83-76-23-17-16-22-70(76)80(73-49-55(4)28-45-77(73)83,59-29-35-61(36-30-59)81(74-43-26-53(2)47-57(74)6)64-39-41-66-56(5)19-13-12-18-46-78(8,9)71(66)50-64)60-31-37-62(38-32-60)82(75-44-27-54(3)48-58(75)7)65-40-42-68-67-20-14-15-21-69(67)79(10,11)72(68)51-65/h12-45,47-51H,5,46H2,1-4,6-11H3/b18-12-,19-13-. The fourth-order valence-electron chi connectivity index (χ4n) is 14.0. The molecule has 0 saturated heterocycles. The van der Waals surface area contributed by atoms with E-state index < -0.39 is 5.41 Å². The molecular formula is C80H73N3. The first-order valence-electron chi connectivity index (χ1n) is 29.5. The number of fused-ring (bicyclic) bond motifs is 6. The lowest BCUT2D eigenvalue weighted by Crippen LogP contribution is -2.38. The molecule has 0 bridgehead atoms. The van der Waals surface area contributed by atoms with E-state index in [2.05, 4.69) is 327 Å². The normalized spacial score (nSPS) is 16.9. The van der Waals surface area contributed by atoms with Crippen LogP contribution < -0.4 is 14.7 Å². The number of allylic oxidation sites excluding steroid dienone is 5. The first-order valence-corrected chi connectivity index (χ1v) is 29.5. The molecule has 0 aromatic heterocycles. The van der Waals surface area contributed by atoms with Crippen LogP contribution in [-0.4, -0.2) is 0 Å². The highest BCUT2D eigenvalue weighted by molar-refractivity contribution is 5.92. The highest BCUT2D eigenvalue weighted by atomic mass is 15.2. The van der Waals surface area contributed by atoms with Crippen molar-refractivity contribution in [3.63, 3.8) is 0 Å². The van der Waals surface area contributed by atoms with Crippen LogP contribution in [0.4, 0.5) is 51.2 Å². The van der Waals surface area contributed by atoms with Gasteiger partial charge in [0.05, 0.1) is 16.8 Å². The van der Waals surface area contributed by atoms with Gasteiger partial charge in [0.1, 0.15) is 0 Å². The lowest BCUT2D eigenvalue weighted by molar-refractivity contribution is 0.533. The highest BCUT2D eigenvalue weighted by Gasteiger charge is 2.47. The van der Waals surface area contributed by atoms with Crippen molar-refractivity contribution in [3.05, 3.63) is 321 Å². The first-order chi connectivity index (χ1) is 40.0. The van der Waals surface area contributed by atoms with E-state index in [1.807, 2.05) is 0 Å². The zero-order chi connectivity index (χ0) is 57.5. The van der Waals surface area contributed by atoms with E-state index >= 15 is 0 Å². The van der Waals surface area contributed by atoms with Crippen molar-refractivity contribution >= 4 is 56.8 Å². The summed E-state index contributed by atoms with van der Waals surface area (Å²) < 4.78 is 0. The molecule has 1 unspecified atom stereocenters. The van der Waals surface area contributed by atoms with Crippen molar-refractivity contribution in [2.75, 3.05) is 14.7 Å². The van der Waals surface area contributed by atoms with Gasteiger partial charge in [-0.15, -0.1) is 0 Å². The summed E-state index contributed by atoms with van der Waals surface area (Å²) in [4.78, 5) is 7.42. The van der Waals surface area contributed by atoms with Gasteiger partial charge in [0, 0.05) is 45.2 Å². The van der Waals surface area contributed by atoms with Gasteiger partial charge in [-0.25, -0.2) is 0 Å². The monoisotopic (exact) mass is 1080 g/mol. The SMILES string of the molecule is C=C1/C=C\C=C/CC(C)(C)c2cc(N(c3ccc(C4(c5ccc(N(c6ccc7c(c6)C(C)(C)c6ccccc6-7)c6ccc(C)cc6C)cc5)c5ccccc5N(c5ccc(C)cc5)c5ccc(C)cc54)cc3)c3ccc(C)cc3C)ccc21. The molecule has 0 fully saturated rings. The molecule has 1 atom stereocenters. The average Bonchev–Trinajstić information content (AvgIpc) is 2.12. The van der Waals surface area contributed by atoms with Gasteiger partial charge in [0.2, 0.25) is 0 Å². The van der Waals surface area contributed by atoms with Crippen molar-refractivity contribution in [2.45, 2.75) is 91.9 Å². The summed E-state index contributed by atoms with van der Waals surface area (Å²) in [7, 11) is 0. The summed E-state index contributed by atoms with van der Waals surface area (Å²) in [6, 6.07) is 81.0. The zero-order valence-electron chi connectivity index (χ0n) is 49.8. The lowest BCUT2D eigenvalue weighted by atomic mass is 9.62. The minimum absolute atomic E-state index is 0.135. The second-order valence-electron chi connectivity index (χ2n) is 24.8. The average molecular weight is 1080 g/mol. The maximum atomic E-state index is 4.56. The fourth-order valence-corrected chi connectivity index (χ4v) is 14.0. The molecule has 1 aliphatic heterocycles. The predicted molar refractivity (Wildman–Crippen MR) is 353 cm³/mol. The lowest BCUT2D eigenvalue weighted by Gasteiger charge is -2.47. The minimum Gasteiger partial charge on any atom is -0.310 e. The largest absolute Gasteiger partial charge is 0.310 e. The van der Waals surface area contributed by atoms with E-state index in [0.717, 1.165) is 63.2 Å². The van der Waals surface area contributed by atoms with Crippen molar-refractivity contribution in [3.8, 4) is 11.1 Å². The second-order valence-corrected chi connectivity index (χ2v) is 24.8. The van der Waals surface area contributed by atoms with Crippen LogP contribution in [0.25, 0.3) is 16.7 Å². The maximum absolute atomic E-state index is 4.56. The maximum Gasteiger partial charge on any atom is 0.0742 e. The summed E-state index contributed by atoms with van der Waals surface area (Å²) in [6.45, 7) is 27.3. The summed E-state index contributed by atoms with van der Waals surface area (Å²) in [5, 5.41) is 0. The van der Waals surface area contributed by atoms with Crippen LogP contribution in [0, 0.1) is 41.5 Å².